The quantitative estimate of drug-likeness (QED) is 0.131. The summed E-state index contributed by atoms with van der Waals surface area (Å²) in [6, 6.07) is 15.4. The largest absolute Gasteiger partial charge is 0.466 e. The molecule has 0 aliphatic carbocycles. The highest BCUT2D eigenvalue weighted by atomic mass is 35.6. The van der Waals surface area contributed by atoms with Gasteiger partial charge in [0.1, 0.15) is 5.75 Å². The highest BCUT2D eigenvalue weighted by Crippen LogP contribution is 2.32. The van der Waals surface area contributed by atoms with Crippen molar-refractivity contribution in [3.8, 4) is 5.75 Å². The maximum atomic E-state index is 12.4. The van der Waals surface area contributed by atoms with Crippen LogP contribution in [-0.2, 0) is 0 Å². The van der Waals surface area contributed by atoms with E-state index >= 15 is 0 Å². The Bertz CT molecular complexity index is 887. The number of carbonyl (C=O) groups excluding carboxylic acids is 1. The lowest BCUT2D eigenvalue weighted by Crippen LogP contribution is -2.47. The lowest BCUT2D eigenvalue weighted by Gasteiger charge is -2.26. The first-order chi connectivity index (χ1) is 14.3. The van der Waals surface area contributed by atoms with Crippen LogP contribution in [0.3, 0.4) is 0 Å². The van der Waals surface area contributed by atoms with E-state index in [0.29, 0.717) is 23.0 Å². The number of rotatable bonds is 8. The van der Waals surface area contributed by atoms with Crippen LogP contribution in [-0.4, -0.2) is 33.8 Å². The SMILES string of the molecule is C=CCNC(=S)N/N=C\c1ccc(O[C@H](NC(=O)c2ccccc2)C(Cl)(Cl)Cl)cc1. The van der Waals surface area contributed by atoms with Crippen molar-refractivity contribution < 1.29 is 9.53 Å². The van der Waals surface area contributed by atoms with Gasteiger partial charge in [0.25, 0.3) is 5.91 Å². The molecule has 10 heteroatoms. The molecule has 1 amide bonds. The Kier molecular flexibility index (Phi) is 9.39. The third-order valence-corrected chi connectivity index (χ3v) is 4.35. The van der Waals surface area contributed by atoms with Crippen LogP contribution in [0.5, 0.6) is 5.75 Å². The summed E-state index contributed by atoms with van der Waals surface area (Å²) < 4.78 is 3.80. The highest BCUT2D eigenvalue weighted by molar-refractivity contribution is 7.80. The topological polar surface area (TPSA) is 74.8 Å². The molecule has 0 unspecified atom stereocenters. The Morgan fingerprint density at radius 3 is 2.43 bits per heavy atom. The van der Waals surface area contributed by atoms with Gasteiger partial charge in [0, 0.05) is 12.1 Å². The summed E-state index contributed by atoms with van der Waals surface area (Å²) in [4.78, 5) is 12.4. The second-order valence-corrected chi connectivity index (χ2v) is 8.59. The first-order valence-electron chi connectivity index (χ1n) is 8.66. The molecule has 2 aromatic rings. The molecular formula is C20H19Cl3N4O2S. The summed E-state index contributed by atoms with van der Waals surface area (Å²) in [5.41, 5.74) is 3.88. The normalized spacial score (nSPS) is 12.1. The van der Waals surface area contributed by atoms with E-state index < -0.39 is 15.9 Å². The van der Waals surface area contributed by atoms with Gasteiger partial charge >= 0.3 is 0 Å². The summed E-state index contributed by atoms with van der Waals surface area (Å²) >= 11 is 23.0. The minimum atomic E-state index is -1.89. The van der Waals surface area contributed by atoms with Crippen LogP contribution >= 0.6 is 47.0 Å². The van der Waals surface area contributed by atoms with E-state index in [1.165, 1.54) is 0 Å². The predicted octanol–water partition coefficient (Wildman–Crippen LogP) is 4.18. The molecule has 0 aliphatic heterocycles. The third kappa shape index (κ3) is 8.20. The Morgan fingerprint density at radius 2 is 1.83 bits per heavy atom. The molecule has 30 heavy (non-hydrogen) atoms. The van der Waals surface area contributed by atoms with Gasteiger partial charge in [-0.3, -0.25) is 10.2 Å². The number of carbonyl (C=O) groups is 1. The fraction of sp³-hybridized carbons (Fsp3) is 0.150. The number of nitrogens with zero attached hydrogens (tertiary/aromatic N) is 1. The number of ether oxygens (including phenoxy) is 1. The first-order valence-corrected chi connectivity index (χ1v) is 10.2. The molecule has 1 atom stereocenters. The molecule has 0 fully saturated rings. The van der Waals surface area contributed by atoms with E-state index in [9.17, 15) is 4.79 Å². The molecule has 0 saturated carbocycles. The van der Waals surface area contributed by atoms with E-state index in [2.05, 4.69) is 27.7 Å². The van der Waals surface area contributed by atoms with Crippen LogP contribution in [0.2, 0.25) is 0 Å². The van der Waals surface area contributed by atoms with Gasteiger partial charge in [-0.1, -0.05) is 59.1 Å². The summed E-state index contributed by atoms with van der Waals surface area (Å²) in [5, 5.41) is 9.87. The molecule has 0 bridgehead atoms. The summed E-state index contributed by atoms with van der Waals surface area (Å²) in [6.07, 6.45) is 2.06. The smallest absolute Gasteiger partial charge is 0.254 e. The molecule has 0 saturated heterocycles. The summed E-state index contributed by atoms with van der Waals surface area (Å²) in [5.74, 6) is -0.0317. The average molecular weight is 486 g/mol. The van der Waals surface area contributed by atoms with Crippen molar-refractivity contribution in [2.45, 2.75) is 10.0 Å². The summed E-state index contributed by atoms with van der Waals surface area (Å²) in [6.45, 7) is 4.13. The first kappa shape index (κ1) is 24.0. The van der Waals surface area contributed by atoms with E-state index in [4.69, 9.17) is 51.8 Å². The van der Waals surface area contributed by atoms with E-state index in [0.717, 1.165) is 5.56 Å². The number of amides is 1. The Hall–Kier alpha value is -2.32. The van der Waals surface area contributed by atoms with Gasteiger partial charge in [0.15, 0.2) is 5.11 Å². The average Bonchev–Trinajstić information content (AvgIpc) is 2.73. The van der Waals surface area contributed by atoms with E-state index in [-0.39, 0.29) is 0 Å². The maximum Gasteiger partial charge on any atom is 0.254 e. The summed E-state index contributed by atoms with van der Waals surface area (Å²) in [7, 11) is 0. The van der Waals surface area contributed by atoms with Crippen LogP contribution in [0, 0.1) is 0 Å². The molecule has 2 rings (SSSR count). The van der Waals surface area contributed by atoms with Gasteiger partial charge in [-0.25, -0.2) is 0 Å². The number of alkyl halides is 3. The number of nitrogens with one attached hydrogen (secondary N) is 3. The molecule has 0 spiro atoms. The number of thiocarbonyl (C=S) groups is 1. The molecule has 0 aliphatic rings. The fourth-order valence-electron chi connectivity index (χ4n) is 2.11. The van der Waals surface area contributed by atoms with Gasteiger partial charge in [0.2, 0.25) is 10.0 Å². The Labute approximate surface area is 195 Å². The molecule has 6 nitrogen and oxygen atoms in total. The van der Waals surface area contributed by atoms with Gasteiger partial charge in [-0.2, -0.15) is 5.10 Å². The highest BCUT2D eigenvalue weighted by Gasteiger charge is 2.36. The lowest BCUT2D eigenvalue weighted by molar-refractivity contribution is 0.0833. The van der Waals surface area contributed by atoms with Crippen LogP contribution in [0.15, 0.2) is 72.4 Å². The zero-order chi connectivity index (χ0) is 22.0. The lowest BCUT2D eigenvalue weighted by atomic mass is 10.2. The minimum Gasteiger partial charge on any atom is -0.466 e. The zero-order valence-electron chi connectivity index (χ0n) is 15.6. The van der Waals surface area contributed by atoms with Gasteiger partial charge < -0.3 is 15.4 Å². The van der Waals surface area contributed by atoms with Crippen molar-refractivity contribution in [1.82, 2.24) is 16.1 Å². The number of hydrogen-bond acceptors (Lipinski definition) is 4. The van der Waals surface area contributed by atoms with E-state index in [1.807, 2.05) is 0 Å². The minimum absolute atomic E-state index is 0.380. The number of benzene rings is 2. The van der Waals surface area contributed by atoms with Gasteiger partial charge in [-0.05, 0) is 54.2 Å². The van der Waals surface area contributed by atoms with Crippen molar-refractivity contribution >= 4 is 64.3 Å². The second-order valence-electron chi connectivity index (χ2n) is 5.82. The molecule has 0 radical (unpaired) electrons. The number of hydrazone groups is 1. The van der Waals surface area contributed by atoms with Crippen LogP contribution in [0.25, 0.3) is 0 Å². The molecule has 3 N–H and O–H groups in total. The molecule has 0 heterocycles. The van der Waals surface area contributed by atoms with Crippen molar-refractivity contribution in [3.63, 3.8) is 0 Å². The molecule has 158 valence electrons. The number of hydrogen-bond donors (Lipinski definition) is 3. The van der Waals surface area contributed by atoms with Crippen LogP contribution in [0.1, 0.15) is 15.9 Å². The van der Waals surface area contributed by atoms with Crippen LogP contribution in [0.4, 0.5) is 0 Å². The predicted molar refractivity (Wildman–Crippen MR) is 127 cm³/mol. The fourth-order valence-corrected chi connectivity index (χ4v) is 2.54. The maximum absolute atomic E-state index is 12.4. The molecule has 2 aromatic carbocycles. The third-order valence-electron chi connectivity index (χ3n) is 3.52. The Morgan fingerprint density at radius 1 is 1.17 bits per heavy atom. The van der Waals surface area contributed by atoms with E-state index in [1.54, 1.807) is 66.9 Å². The van der Waals surface area contributed by atoms with Crippen molar-refractivity contribution in [1.29, 1.82) is 0 Å². The zero-order valence-corrected chi connectivity index (χ0v) is 18.7. The molecule has 0 aromatic heterocycles. The van der Waals surface area contributed by atoms with Crippen LogP contribution < -0.4 is 20.8 Å². The second kappa shape index (κ2) is 11.8. The Balaban J connectivity index is 1.99. The monoisotopic (exact) mass is 484 g/mol. The standard InChI is InChI=1S/C20H19Cl3N4O2S/c1-2-12-24-19(30)27-25-13-14-8-10-16(11-9-14)29-18(20(21,22)23)26-17(28)15-6-4-3-5-7-15/h2-11,13,18H,1,12H2,(H,26,28)(H2,24,27,30)/b25-13-/t18-/m0/s1. The molecular weight excluding hydrogens is 467 g/mol. The van der Waals surface area contributed by atoms with Gasteiger partial charge in [0.05, 0.1) is 6.21 Å². The van der Waals surface area contributed by atoms with Gasteiger partial charge in [-0.15, -0.1) is 6.58 Å². The number of halogens is 3. The van der Waals surface area contributed by atoms with Crippen molar-refractivity contribution in [2.75, 3.05) is 6.54 Å². The van der Waals surface area contributed by atoms with Crippen molar-refractivity contribution in [2.24, 2.45) is 5.10 Å². The van der Waals surface area contributed by atoms with Crippen molar-refractivity contribution in [3.05, 3.63) is 78.4 Å².